The molecule has 0 aliphatic heterocycles. The van der Waals surface area contributed by atoms with Crippen molar-refractivity contribution in [3.63, 3.8) is 0 Å². The van der Waals surface area contributed by atoms with Gasteiger partial charge in [-0.15, -0.1) is 0 Å². The molecule has 1 aromatic heterocycles. The van der Waals surface area contributed by atoms with E-state index < -0.39 is 10.0 Å². The molecule has 0 fully saturated rings. The zero-order valence-electron chi connectivity index (χ0n) is 11.9. The minimum atomic E-state index is -3.79. The first-order valence-electron chi connectivity index (χ1n) is 6.29. The van der Waals surface area contributed by atoms with E-state index in [4.69, 9.17) is 0 Å². The van der Waals surface area contributed by atoms with Gasteiger partial charge >= 0.3 is 0 Å². The SMILES string of the molecule is CC(C)NC(=O)CN(C)S(=O)(=O)c1cccc2nsnc12. The van der Waals surface area contributed by atoms with Crippen molar-refractivity contribution in [3.8, 4) is 0 Å². The van der Waals surface area contributed by atoms with Crippen LogP contribution in [-0.4, -0.2) is 47.0 Å². The Morgan fingerprint density at radius 1 is 1.38 bits per heavy atom. The monoisotopic (exact) mass is 328 g/mol. The van der Waals surface area contributed by atoms with Crippen molar-refractivity contribution in [3.05, 3.63) is 18.2 Å². The van der Waals surface area contributed by atoms with Crippen LogP contribution in [0.15, 0.2) is 23.1 Å². The van der Waals surface area contributed by atoms with Crippen LogP contribution >= 0.6 is 11.7 Å². The Morgan fingerprint density at radius 2 is 2.10 bits per heavy atom. The van der Waals surface area contributed by atoms with Gasteiger partial charge < -0.3 is 5.32 Å². The molecule has 0 atom stereocenters. The number of hydrogen-bond donors (Lipinski definition) is 1. The molecule has 1 aromatic carbocycles. The number of carbonyl (C=O) groups is 1. The summed E-state index contributed by atoms with van der Waals surface area (Å²) in [4.78, 5) is 11.8. The Balaban J connectivity index is 2.29. The first-order chi connectivity index (χ1) is 9.82. The van der Waals surface area contributed by atoms with Crippen LogP contribution in [0.3, 0.4) is 0 Å². The smallest absolute Gasteiger partial charge is 0.245 e. The summed E-state index contributed by atoms with van der Waals surface area (Å²) in [6, 6.07) is 4.73. The summed E-state index contributed by atoms with van der Waals surface area (Å²) in [5.74, 6) is -0.348. The number of hydrogen-bond acceptors (Lipinski definition) is 6. The molecule has 0 saturated carbocycles. The van der Waals surface area contributed by atoms with Gasteiger partial charge in [0.1, 0.15) is 15.9 Å². The molecule has 0 unspecified atom stereocenters. The fourth-order valence-corrected chi connectivity index (χ4v) is 3.69. The Labute approximate surface area is 127 Å². The molecule has 2 aromatic rings. The third-order valence-corrected chi connectivity index (χ3v) is 5.13. The van der Waals surface area contributed by atoms with Gasteiger partial charge in [0, 0.05) is 13.1 Å². The fourth-order valence-electron chi connectivity index (χ4n) is 1.81. The van der Waals surface area contributed by atoms with Gasteiger partial charge in [-0.05, 0) is 26.0 Å². The maximum Gasteiger partial charge on any atom is 0.245 e. The summed E-state index contributed by atoms with van der Waals surface area (Å²) in [5, 5.41) is 2.66. The molecule has 9 heteroatoms. The molecule has 114 valence electrons. The number of sulfonamides is 1. The van der Waals surface area contributed by atoms with Crippen LogP contribution in [-0.2, 0) is 14.8 Å². The maximum absolute atomic E-state index is 12.5. The van der Waals surface area contributed by atoms with Gasteiger partial charge in [0.05, 0.1) is 18.3 Å². The minimum Gasteiger partial charge on any atom is -0.353 e. The Kier molecular flexibility index (Phi) is 4.55. The predicted molar refractivity (Wildman–Crippen MR) is 80.5 cm³/mol. The Morgan fingerprint density at radius 3 is 2.76 bits per heavy atom. The minimum absolute atomic E-state index is 0.0419. The van der Waals surface area contributed by atoms with Crippen molar-refractivity contribution in [2.24, 2.45) is 0 Å². The second-order valence-electron chi connectivity index (χ2n) is 4.87. The molecule has 1 amide bonds. The van der Waals surface area contributed by atoms with Gasteiger partial charge in [-0.25, -0.2) is 8.42 Å². The summed E-state index contributed by atoms with van der Waals surface area (Å²) in [6.45, 7) is 3.39. The normalized spacial score (nSPS) is 12.2. The highest BCUT2D eigenvalue weighted by atomic mass is 32.2. The third kappa shape index (κ3) is 3.36. The number of rotatable bonds is 5. The standard InChI is InChI=1S/C12H16N4O3S2/c1-8(2)13-11(17)7-16(3)21(18,19)10-6-4-5-9-12(10)15-20-14-9/h4-6,8H,7H2,1-3H3,(H,13,17). The number of amides is 1. The maximum atomic E-state index is 12.5. The van der Waals surface area contributed by atoms with Crippen LogP contribution in [0.4, 0.5) is 0 Å². The quantitative estimate of drug-likeness (QED) is 0.878. The van der Waals surface area contributed by atoms with Gasteiger partial charge in [0.2, 0.25) is 15.9 Å². The third-order valence-electron chi connectivity index (χ3n) is 2.75. The van der Waals surface area contributed by atoms with E-state index in [2.05, 4.69) is 14.1 Å². The number of nitrogens with one attached hydrogen (secondary N) is 1. The number of nitrogens with zero attached hydrogens (tertiary/aromatic N) is 3. The van der Waals surface area contributed by atoms with E-state index in [-0.39, 0.29) is 23.4 Å². The molecule has 0 spiro atoms. The molecule has 1 N–H and O–H groups in total. The molecule has 0 aliphatic rings. The van der Waals surface area contributed by atoms with Crippen molar-refractivity contribution in [2.75, 3.05) is 13.6 Å². The number of carbonyl (C=O) groups excluding carboxylic acids is 1. The van der Waals surface area contributed by atoms with Crippen LogP contribution in [0.2, 0.25) is 0 Å². The number of fused-ring (bicyclic) bond motifs is 1. The molecule has 0 aliphatic carbocycles. The van der Waals surface area contributed by atoms with Gasteiger partial charge in [0.25, 0.3) is 0 Å². The molecule has 2 rings (SSSR count). The molecular weight excluding hydrogens is 312 g/mol. The largest absolute Gasteiger partial charge is 0.353 e. The Bertz CT molecular complexity index is 755. The van der Waals surface area contributed by atoms with Crippen LogP contribution in [0.25, 0.3) is 11.0 Å². The molecule has 1 heterocycles. The number of benzene rings is 1. The van der Waals surface area contributed by atoms with Crippen molar-refractivity contribution >= 4 is 38.7 Å². The topological polar surface area (TPSA) is 92.3 Å². The average molecular weight is 328 g/mol. The molecule has 0 bridgehead atoms. The first-order valence-corrected chi connectivity index (χ1v) is 8.46. The highest BCUT2D eigenvalue weighted by Gasteiger charge is 2.26. The highest BCUT2D eigenvalue weighted by Crippen LogP contribution is 2.23. The lowest BCUT2D eigenvalue weighted by Crippen LogP contribution is -2.40. The van der Waals surface area contributed by atoms with E-state index in [1.54, 1.807) is 12.1 Å². The summed E-state index contributed by atoms with van der Waals surface area (Å²) in [5.41, 5.74) is 0.861. The summed E-state index contributed by atoms with van der Waals surface area (Å²) < 4.78 is 34.1. The van der Waals surface area contributed by atoms with Gasteiger partial charge in [0.15, 0.2) is 0 Å². The lowest BCUT2D eigenvalue weighted by molar-refractivity contribution is -0.121. The van der Waals surface area contributed by atoms with Gasteiger partial charge in [-0.3, -0.25) is 4.79 Å². The van der Waals surface area contributed by atoms with E-state index in [0.29, 0.717) is 11.0 Å². The lowest BCUT2D eigenvalue weighted by Gasteiger charge is -2.17. The molecular formula is C12H16N4O3S2. The summed E-state index contributed by atoms with van der Waals surface area (Å²) >= 11 is 0.955. The predicted octanol–water partition coefficient (Wildman–Crippen LogP) is 0.836. The first kappa shape index (κ1) is 15.8. The molecule has 7 nitrogen and oxygen atoms in total. The van der Waals surface area contributed by atoms with E-state index in [1.807, 2.05) is 13.8 Å². The summed E-state index contributed by atoms with van der Waals surface area (Å²) in [7, 11) is -2.42. The molecule has 0 radical (unpaired) electrons. The summed E-state index contributed by atoms with van der Waals surface area (Å²) in [6.07, 6.45) is 0. The second kappa shape index (κ2) is 6.04. The van der Waals surface area contributed by atoms with Crippen LogP contribution in [0.1, 0.15) is 13.8 Å². The van der Waals surface area contributed by atoms with Gasteiger partial charge in [-0.1, -0.05) is 6.07 Å². The zero-order valence-corrected chi connectivity index (χ0v) is 13.5. The van der Waals surface area contributed by atoms with Crippen molar-refractivity contribution < 1.29 is 13.2 Å². The van der Waals surface area contributed by atoms with Crippen molar-refractivity contribution in [1.82, 2.24) is 18.4 Å². The average Bonchev–Trinajstić information content (AvgIpc) is 2.85. The molecule has 21 heavy (non-hydrogen) atoms. The van der Waals surface area contributed by atoms with E-state index in [1.165, 1.54) is 13.1 Å². The van der Waals surface area contributed by atoms with Crippen LogP contribution < -0.4 is 5.32 Å². The second-order valence-corrected chi connectivity index (χ2v) is 7.41. The van der Waals surface area contributed by atoms with Gasteiger partial charge in [-0.2, -0.15) is 13.1 Å². The fraction of sp³-hybridized carbons (Fsp3) is 0.417. The van der Waals surface area contributed by atoms with E-state index in [0.717, 1.165) is 16.0 Å². The van der Waals surface area contributed by atoms with Crippen LogP contribution in [0.5, 0.6) is 0 Å². The lowest BCUT2D eigenvalue weighted by atomic mass is 10.3. The van der Waals surface area contributed by atoms with Crippen molar-refractivity contribution in [1.29, 1.82) is 0 Å². The van der Waals surface area contributed by atoms with E-state index in [9.17, 15) is 13.2 Å². The van der Waals surface area contributed by atoms with E-state index >= 15 is 0 Å². The number of aromatic nitrogens is 2. The molecule has 0 saturated heterocycles. The highest BCUT2D eigenvalue weighted by molar-refractivity contribution is 7.89. The van der Waals surface area contributed by atoms with Crippen LogP contribution in [0, 0.1) is 0 Å². The zero-order chi connectivity index (χ0) is 15.6. The van der Waals surface area contributed by atoms with Crippen molar-refractivity contribution in [2.45, 2.75) is 24.8 Å². The Hall–Kier alpha value is -1.58. The number of likely N-dealkylation sites (N-methyl/N-ethyl adjacent to an activating group) is 1.